The maximum Gasteiger partial charge on any atom is 0.323 e. The number of halogens is 2. The Labute approximate surface area is 242 Å². The molecule has 9 nitrogen and oxygen atoms in total. The number of fused-ring (bicyclic) bond motifs is 1. The van der Waals surface area contributed by atoms with Crippen LogP contribution in [0.25, 0.3) is 0 Å². The van der Waals surface area contributed by atoms with Gasteiger partial charge in [-0.05, 0) is 54.7 Å². The van der Waals surface area contributed by atoms with E-state index in [1.807, 2.05) is 12.2 Å². The van der Waals surface area contributed by atoms with Crippen molar-refractivity contribution in [2.24, 2.45) is 10.9 Å². The number of aromatic nitrogens is 1. The van der Waals surface area contributed by atoms with E-state index in [1.165, 1.54) is 37.1 Å². The minimum atomic E-state index is -0.869. The van der Waals surface area contributed by atoms with Gasteiger partial charge >= 0.3 is 6.03 Å². The largest absolute Gasteiger partial charge is 0.380 e. The molecule has 3 N–H and O–H groups in total. The summed E-state index contributed by atoms with van der Waals surface area (Å²) in [7, 11) is 1.53. The maximum atomic E-state index is 15.1. The molecular formula is C30H32ClFN6O3. The molecule has 0 spiro atoms. The molecule has 1 aliphatic carbocycles. The van der Waals surface area contributed by atoms with Crippen LogP contribution in [0.4, 0.5) is 20.7 Å². The van der Waals surface area contributed by atoms with Crippen molar-refractivity contribution in [2.45, 2.75) is 55.8 Å². The third-order valence-electron chi connectivity index (χ3n) is 8.31. The number of allylic oxidation sites excluding steroid dienone is 2. The monoisotopic (exact) mass is 578 g/mol. The average molecular weight is 579 g/mol. The fourth-order valence-corrected chi connectivity index (χ4v) is 5.96. The summed E-state index contributed by atoms with van der Waals surface area (Å²) in [4.78, 5) is 36.9. The molecular weight excluding hydrogens is 547 g/mol. The topological polar surface area (TPSA) is 108 Å². The molecule has 11 heteroatoms. The van der Waals surface area contributed by atoms with Crippen molar-refractivity contribution in [3.63, 3.8) is 0 Å². The highest BCUT2D eigenvalue weighted by atomic mass is 35.5. The second kappa shape index (κ2) is 11.3. The van der Waals surface area contributed by atoms with Crippen molar-refractivity contribution in [1.29, 1.82) is 0 Å². The quantitative estimate of drug-likeness (QED) is 0.408. The van der Waals surface area contributed by atoms with Crippen molar-refractivity contribution in [2.75, 3.05) is 24.3 Å². The highest BCUT2D eigenvalue weighted by molar-refractivity contribution is 6.30. The first-order chi connectivity index (χ1) is 19.9. The molecule has 3 amide bonds. The van der Waals surface area contributed by atoms with Crippen LogP contribution < -0.4 is 16.0 Å². The van der Waals surface area contributed by atoms with Gasteiger partial charge in [0.2, 0.25) is 5.91 Å². The van der Waals surface area contributed by atoms with Crippen LogP contribution in [0.2, 0.25) is 5.02 Å². The number of methoxy groups -OCH3 is 1. The number of nitrogens with one attached hydrogen (secondary N) is 3. The zero-order valence-electron chi connectivity index (χ0n) is 22.6. The number of pyridine rings is 1. The fraction of sp³-hybridized carbons (Fsp3) is 0.400. The van der Waals surface area contributed by atoms with Crippen molar-refractivity contribution in [3.05, 3.63) is 77.4 Å². The smallest absolute Gasteiger partial charge is 0.323 e. The summed E-state index contributed by atoms with van der Waals surface area (Å²) in [6, 6.07) is 6.64. The lowest BCUT2D eigenvalue weighted by atomic mass is 9.70. The van der Waals surface area contributed by atoms with E-state index in [1.54, 1.807) is 30.5 Å². The van der Waals surface area contributed by atoms with Gasteiger partial charge in [-0.2, -0.15) is 0 Å². The van der Waals surface area contributed by atoms with Gasteiger partial charge in [0, 0.05) is 32.5 Å². The molecule has 2 unspecified atom stereocenters. The zero-order valence-corrected chi connectivity index (χ0v) is 23.4. The number of benzene rings is 1. The summed E-state index contributed by atoms with van der Waals surface area (Å²) < 4.78 is 20.6. The molecule has 2 aromatic rings. The lowest BCUT2D eigenvalue weighted by Gasteiger charge is -2.50. The summed E-state index contributed by atoms with van der Waals surface area (Å²) in [5, 5.41) is 9.55. The number of carbonyl (C=O) groups is 2. The molecule has 214 valence electrons. The molecule has 4 atom stereocenters. The Morgan fingerprint density at radius 2 is 2.07 bits per heavy atom. The van der Waals surface area contributed by atoms with E-state index in [4.69, 9.17) is 21.3 Å². The van der Waals surface area contributed by atoms with Crippen molar-refractivity contribution in [3.8, 4) is 0 Å². The second-order valence-corrected chi connectivity index (χ2v) is 11.4. The van der Waals surface area contributed by atoms with Crippen LogP contribution in [-0.2, 0) is 15.1 Å². The minimum Gasteiger partial charge on any atom is -0.380 e. The third kappa shape index (κ3) is 5.64. The SMILES string of the molecule is CO[C@@H]1C[C@H](C(=O)Nc2cc(C3(CCC4CC4)NC4C=CC=CN=C43)ccc2F)N(C(=O)Nc2ccc(Cl)cn2)C1. The highest BCUT2D eigenvalue weighted by Crippen LogP contribution is 2.44. The number of anilines is 2. The lowest BCUT2D eigenvalue weighted by molar-refractivity contribution is -0.119. The molecule has 1 aromatic carbocycles. The van der Waals surface area contributed by atoms with E-state index in [-0.39, 0.29) is 30.8 Å². The van der Waals surface area contributed by atoms with Gasteiger partial charge in [-0.3, -0.25) is 20.4 Å². The van der Waals surface area contributed by atoms with Gasteiger partial charge in [0.15, 0.2) is 0 Å². The number of rotatable bonds is 8. The summed E-state index contributed by atoms with van der Waals surface area (Å²) in [6.45, 7) is 0.201. The normalized spacial score (nSPS) is 26.6. The van der Waals surface area contributed by atoms with Gasteiger partial charge in [-0.25, -0.2) is 14.2 Å². The molecule has 1 aromatic heterocycles. The number of nitrogens with zero attached hydrogens (tertiary/aromatic N) is 3. The standard InChI is InChI=1S/C30H32ClFN6O3/c1-41-21-15-25(38(17-21)29(40)36-26-10-8-20(31)16-34-26)28(39)35-24-14-19(7-9-22(24)32)30(12-11-18-5-6-18)27-23(37-30)4-2-3-13-33-27/h2-4,7-10,13-14,16,18,21,23,25,37H,5-6,11-12,15,17H2,1H3,(H,35,39)(H,34,36,40)/t21-,23?,25-,30?/m1/s1. The van der Waals surface area contributed by atoms with Gasteiger partial charge in [-0.1, -0.05) is 42.7 Å². The van der Waals surface area contributed by atoms with Crippen molar-refractivity contribution in [1.82, 2.24) is 15.2 Å². The van der Waals surface area contributed by atoms with Crippen LogP contribution in [0, 0.1) is 11.7 Å². The summed E-state index contributed by atoms with van der Waals surface area (Å²) in [5.74, 6) is -0.0438. The van der Waals surface area contributed by atoms with Crippen LogP contribution in [0.1, 0.15) is 37.7 Å². The van der Waals surface area contributed by atoms with Crippen LogP contribution in [0.15, 0.2) is 65.9 Å². The Hall–Kier alpha value is -3.60. The lowest BCUT2D eigenvalue weighted by Crippen LogP contribution is -2.69. The fourth-order valence-electron chi connectivity index (χ4n) is 5.85. The van der Waals surface area contributed by atoms with Crippen LogP contribution in [0.3, 0.4) is 0 Å². The van der Waals surface area contributed by atoms with E-state index >= 15 is 4.39 Å². The first kappa shape index (κ1) is 27.6. The maximum absolute atomic E-state index is 15.1. The van der Waals surface area contributed by atoms with Gasteiger partial charge in [0.1, 0.15) is 17.7 Å². The second-order valence-electron chi connectivity index (χ2n) is 11.0. The van der Waals surface area contributed by atoms with Crippen LogP contribution in [0.5, 0.6) is 0 Å². The Bertz CT molecular complexity index is 1430. The number of ether oxygens (including phenoxy) is 1. The number of likely N-dealkylation sites (tertiary alicyclic amines) is 1. The van der Waals surface area contributed by atoms with E-state index < -0.39 is 29.3 Å². The molecule has 2 saturated heterocycles. The Morgan fingerprint density at radius 3 is 2.83 bits per heavy atom. The van der Waals surface area contributed by atoms with Crippen LogP contribution in [-0.4, -0.2) is 59.4 Å². The van der Waals surface area contributed by atoms with E-state index in [2.05, 4.69) is 27.0 Å². The van der Waals surface area contributed by atoms with Gasteiger partial charge < -0.3 is 15.0 Å². The van der Waals surface area contributed by atoms with Crippen molar-refractivity contribution >= 4 is 40.8 Å². The molecule has 3 fully saturated rings. The average Bonchev–Trinajstić information content (AvgIpc) is 3.72. The number of carbonyl (C=O) groups excluding carboxylic acids is 2. The molecule has 4 heterocycles. The molecule has 4 aliphatic rings. The predicted molar refractivity (Wildman–Crippen MR) is 155 cm³/mol. The number of hydrogen-bond acceptors (Lipinski definition) is 6. The Kier molecular flexibility index (Phi) is 7.63. The van der Waals surface area contributed by atoms with Gasteiger partial charge in [0.25, 0.3) is 0 Å². The first-order valence-corrected chi connectivity index (χ1v) is 14.3. The molecule has 0 radical (unpaired) electrons. The molecule has 0 bridgehead atoms. The van der Waals surface area contributed by atoms with Crippen LogP contribution >= 0.6 is 11.6 Å². The zero-order chi connectivity index (χ0) is 28.6. The van der Waals surface area contributed by atoms with Crippen molar-refractivity contribution < 1.29 is 18.7 Å². The molecule has 6 rings (SSSR count). The predicted octanol–water partition coefficient (Wildman–Crippen LogP) is 5.02. The summed E-state index contributed by atoms with van der Waals surface area (Å²) in [6.07, 6.45) is 13.4. The first-order valence-electron chi connectivity index (χ1n) is 13.9. The van der Waals surface area contributed by atoms with E-state index in [9.17, 15) is 9.59 Å². The third-order valence-corrected chi connectivity index (χ3v) is 8.54. The molecule has 41 heavy (non-hydrogen) atoms. The number of urea groups is 1. The number of aliphatic imine (C=N–C) groups is 1. The minimum absolute atomic E-state index is 0.0129. The molecule has 3 aliphatic heterocycles. The van der Waals surface area contributed by atoms with E-state index in [0.29, 0.717) is 16.8 Å². The van der Waals surface area contributed by atoms with Gasteiger partial charge in [0.05, 0.1) is 34.1 Å². The summed E-state index contributed by atoms with van der Waals surface area (Å²) >= 11 is 5.89. The number of amides is 3. The number of hydrogen-bond donors (Lipinski definition) is 3. The Balaban J connectivity index is 1.23. The molecule has 1 saturated carbocycles. The summed E-state index contributed by atoms with van der Waals surface area (Å²) in [5.41, 5.74) is 1.36. The Morgan fingerprint density at radius 1 is 1.22 bits per heavy atom. The highest BCUT2D eigenvalue weighted by Gasteiger charge is 2.51. The van der Waals surface area contributed by atoms with Gasteiger partial charge in [-0.15, -0.1) is 0 Å². The van der Waals surface area contributed by atoms with E-state index in [0.717, 1.165) is 24.1 Å².